The van der Waals surface area contributed by atoms with Crippen LogP contribution in [0.4, 0.5) is 14.5 Å². The molecule has 1 aromatic heterocycles. The third kappa shape index (κ3) is 2.98. The largest absolute Gasteiger partial charge is 0.469 e. The Balaban J connectivity index is 3.50. The SMILES string of the molecule is COC(=O)Cc1cnc(C#N)c(C(F)F)c1[N+](=O)[O-]. The Morgan fingerprint density at radius 3 is 2.74 bits per heavy atom. The number of hydrogen-bond donors (Lipinski definition) is 0. The van der Waals surface area contributed by atoms with Crippen LogP contribution >= 0.6 is 0 Å². The molecule has 9 heteroatoms. The molecule has 0 N–H and O–H groups in total. The van der Waals surface area contributed by atoms with Gasteiger partial charge in [0.1, 0.15) is 11.6 Å². The molecule has 0 aliphatic carbocycles. The number of nitrogens with zero attached hydrogens (tertiary/aromatic N) is 3. The Kier molecular flexibility index (Phi) is 4.41. The van der Waals surface area contributed by atoms with Crippen molar-refractivity contribution in [2.75, 3.05) is 7.11 Å². The number of halogens is 2. The maximum atomic E-state index is 12.8. The second-order valence-electron chi connectivity index (χ2n) is 3.32. The first kappa shape index (κ1) is 14.4. The van der Waals surface area contributed by atoms with Crippen LogP contribution in [0.25, 0.3) is 0 Å². The molecule has 0 bridgehead atoms. The van der Waals surface area contributed by atoms with Crippen LogP contribution < -0.4 is 0 Å². The van der Waals surface area contributed by atoms with E-state index in [-0.39, 0.29) is 5.56 Å². The number of carbonyl (C=O) groups is 1. The summed E-state index contributed by atoms with van der Waals surface area (Å²) in [5.74, 6) is -0.838. The summed E-state index contributed by atoms with van der Waals surface area (Å²) in [5.41, 5.74) is -3.14. The minimum atomic E-state index is -3.25. The fourth-order valence-electron chi connectivity index (χ4n) is 1.43. The van der Waals surface area contributed by atoms with Gasteiger partial charge in [-0.25, -0.2) is 13.8 Å². The van der Waals surface area contributed by atoms with Crippen molar-refractivity contribution in [1.29, 1.82) is 5.26 Å². The van der Waals surface area contributed by atoms with Gasteiger partial charge in [-0.3, -0.25) is 14.9 Å². The fourth-order valence-corrected chi connectivity index (χ4v) is 1.43. The molecule has 0 saturated carbocycles. The van der Waals surface area contributed by atoms with E-state index in [4.69, 9.17) is 5.26 Å². The third-order valence-electron chi connectivity index (χ3n) is 2.23. The van der Waals surface area contributed by atoms with E-state index >= 15 is 0 Å². The first-order chi connectivity index (χ1) is 8.92. The van der Waals surface area contributed by atoms with Crippen molar-refractivity contribution < 1.29 is 23.2 Å². The molecule has 0 fully saturated rings. The maximum absolute atomic E-state index is 12.8. The topological polar surface area (TPSA) is 106 Å². The Hall–Kier alpha value is -2.63. The lowest BCUT2D eigenvalue weighted by molar-refractivity contribution is -0.387. The highest BCUT2D eigenvalue weighted by atomic mass is 19.3. The summed E-state index contributed by atoms with van der Waals surface area (Å²) in [6, 6.07) is 1.35. The lowest BCUT2D eigenvalue weighted by Gasteiger charge is -2.07. The Morgan fingerprint density at radius 2 is 2.32 bits per heavy atom. The molecule has 0 atom stereocenters. The molecule has 1 rings (SSSR count). The van der Waals surface area contributed by atoms with Crippen molar-refractivity contribution in [3.63, 3.8) is 0 Å². The van der Waals surface area contributed by atoms with Gasteiger partial charge in [0.2, 0.25) is 0 Å². The Labute approximate surface area is 105 Å². The predicted octanol–water partition coefficient (Wildman–Crippen LogP) is 1.51. The van der Waals surface area contributed by atoms with E-state index in [2.05, 4.69) is 9.72 Å². The Morgan fingerprint density at radius 1 is 1.68 bits per heavy atom. The fraction of sp³-hybridized carbons (Fsp3) is 0.300. The van der Waals surface area contributed by atoms with Crippen molar-refractivity contribution >= 4 is 11.7 Å². The number of alkyl halides is 2. The summed E-state index contributed by atoms with van der Waals surface area (Å²) >= 11 is 0. The Bertz CT molecular complexity index is 569. The molecule has 1 aromatic rings. The second kappa shape index (κ2) is 5.81. The molecule has 0 radical (unpaired) electrons. The van der Waals surface area contributed by atoms with Crippen molar-refractivity contribution in [1.82, 2.24) is 4.98 Å². The van der Waals surface area contributed by atoms with Gasteiger partial charge in [0.25, 0.3) is 12.1 Å². The van der Waals surface area contributed by atoms with E-state index in [0.717, 1.165) is 13.3 Å². The van der Waals surface area contributed by atoms with Crippen LogP contribution in [-0.4, -0.2) is 23.0 Å². The van der Waals surface area contributed by atoms with Gasteiger partial charge < -0.3 is 4.74 Å². The van der Waals surface area contributed by atoms with Crippen LogP contribution in [-0.2, 0) is 16.0 Å². The van der Waals surface area contributed by atoms with Crippen molar-refractivity contribution in [2.45, 2.75) is 12.8 Å². The highest BCUT2D eigenvalue weighted by Crippen LogP contribution is 2.33. The summed E-state index contributed by atoms with van der Waals surface area (Å²) in [6.07, 6.45) is -2.98. The molecule has 0 aromatic carbocycles. The summed E-state index contributed by atoms with van der Waals surface area (Å²) in [5, 5.41) is 19.5. The first-order valence-corrected chi connectivity index (χ1v) is 4.83. The zero-order valence-corrected chi connectivity index (χ0v) is 9.59. The summed E-state index contributed by atoms with van der Waals surface area (Å²) in [4.78, 5) is 24.3. The molecule has 0 unspecified atom stereocenters. The number of hydrogen-bond acceptors (Lipinski definition) is 6. The molecular weight excluding hydrogens is 264 g/mol. The second-order valence-corrected chi connectivity index (χ2v) is 3.32. The van der Waals surface area contributed by atoms with E-state index in [1.54, 1.807) is 0 Å². The average molecular weight is 271 g/mol. The number of nitriles is 1. The third-order valence-corrected chi connectivity index (χ3v) is 2.23. The molecule has 19 heavy (non-hydrogen) atoms. The van der Waals surface area contributed by atoms with Crippen LogP contribution in [0.1, 0.15) is 23.2 Å². The standard InChI is InChI=1S/C10H7F2N3O4/c1-19-7(16)2-5-4-14-6(3-13)8(10(11)12)9(5)15(17)18/h4,10H,2H2,1H3. The zero-order chi connectivity index (χ0) is 14.6. The smallest absolute Gasteiger partial charge is 0.310 e. The van der Waals surface area contributed by atoms with Crippen molar-refractivity contribution in [2.24, 2.45) is 0 Å². The van der Waals surface area contributed by atoms with Gasteiger partial charge in [0.15, 0.2) is 5.69 Å². The van der Waals surface area contributed by atoms with E-state index in [9.17, 15) is 23.7 Å². The number of ether oxygens (including phenoxy) is 1. The molecular formula is C10H7F2N3O4. The van der Waals surface area contributed by atoms with E-state index in [1.165, 1.54) is 6.07 Å². The molecule has 0 spiro atoms. The molecule has 100 valence electrons. The first-order valence-electron chi connectivity index (χ1n) is 4.83. The highest BCUT2D eigenvalue weighted by Gasteiger charge is 2.31. The molecule has 0 aliphatic rings. The van der Waals surface area contributed by atoms with Gasteiger partial charge in [-0.1, -0.05) is 0 Å². The number of carbonyl (C=O) groups excluding carboxylic acids is 1. The summed E-state index contributed by atoms with van der Waals surface area (Å²) in [6.45, 7) is 0. The monoisotopic (exact) mass is 271 g/mol. The number of rotatable bonds is 4. The van der Waals surface area contributed by atoms with Crippen LogP contribution in [0.15, 0.2) is 6.20 Å². The minimum absolute atomic E-state index is 0.328. The molecule has 7 nitrogen and oxygen atoms in total. The lowest BCUT2D eigenvalue weighted by atomic mass is 10.1. The molecule has 0 amide bonds. The number of aromatic nitrogens is 1. The summed E-state index contributed by atoms with van der Waals surface area (Å²) < 4.78 is 29.9. The van der Waals surface area contributed by atoms with E-state index in [1.807, 2.05) is 0 Å². The maximum Gasteiger partial charge on any atom is 0.310 e. The number of pyridine rings is 1. The predicted molar refractivity (Wildman–Crippen MR) is 56.3 cm³/mol. The normalized spacial score (nSPS) is 10.1. The van der Waals surface area contributed by atoms with E-state index in [0.29, 0.717) is 0 Å². The van der Waals surface area contributed by atoms with Gasteiger partial charge in [-0.05, 0) is 0 Å². The van der Waals surface area contributed by atoms with Crippen LogP contribution in [0.5, 0.6) is 0 Å². The quantitative estimate of drug-likeness (QED) is 0.466. The van der Waals surface area contributed by atoms with Gasteiger partial charge in [0.05, 0.1) is 24.0 Å². The number of methoxy groups -OCH3 is 1. The van der Waals surface area contributed by atoms with Gasteiger partial charge >= 0.3 is 5.97 Å². The van der Waals surface area contributed by atoms with Crippen LogP contribution in [0.3, 0.4) is 0 Å². The van der Waals surface area contributed by atoms with Crippen LogP contribution in [0.2, 0.25) is 0 Å². The number of nitro groups is 1. The molecule has 0 saturated heterocycles. The zero-order valence-electron chi connectivity index (χ0n) is 9.59. The van der Waals surface area contributed by atoms with Crippen LogP contribution in [0, 0.1) is 21.4 Å². The van der Waals surface area contributed by atoms with Gasteiger partial charge in [-0.15, -0.1) is 0 Å². The van der Waals surface area contributed by atoms with Gasteiger partial charge in [0, 0.05) is 6.20 Å². The lowest BCUT2D eigenvalue weighted by Crippen LogP contribution is -2.11. The average Bonchev–Trinajstić information content (AvgIpc) is 2.37. The number of esters is 1. The summed E-state index contributed by atoms with van der Waals surface area (Å²) in [7, 11) is 1.05. The molecule has 1 heterocycles. The van der Waals surface area contributed by atoms with Crippen molar-refractivity contribution in [3.05, 3.63) is 33.1 Å². The highest BCUT2D eigenvalue weighted by molar-refractivity contribution is 5.74. The van der Waals surface area contributed by atoms with E-state index < -0.39 is 40.7 Å². The van der Waals surface area contributed by atoms with Crippen molar-refractivity contribution in [3.8, 4) is 6.07 Å². The molecule has 0 aliphatic heterocycles. The van der Waals surface area contributed by atoms with Gasteiger partial charge in [-0.2, -0.15) is 5.26 Å². The minimum Gasteiger partial charge on any atom is -0.469 e.